The van der Waals surface area contributed by atoms with Crippen LogP contribution in [0.3, 0.4) is 0 Å². The number of rotatable bonds is 5. The van der Waals surface area contributed by atoms with Gasteiger partial charge in [0.25, 0.3) is 0 Å². The molecule has 1 aliphatic rings. The third kappa shape index (κ3) is 4.11. The Kier molecular flexibility index (Phi) is 5.90. The second-order valence-corrected chi connectivity index (χ2v) is 6.48. The first kappa shape index (κ1) is 16.6. The zero-order valence-corrected chi connectivity index (χ0v) is 14.9. The molecule has 2 atom stereocenters. The van der Waals surface area contributed by atoms with Gasteiger partial charge in [-0.2, -0.15) is 0 Å². The lowest BCUT2D eigenvalue weighted by Crippen LogP contribution is -2.53. The SMILES string of the molecule is CCOc1cc(CN2CC(C)NCC2C)cc(Br)c1OC. The first-order valence-electron chi connectivity index (χ1n) is 7.51. The highest BCUT2D eigenvalue weighted by atomic mass is 79.9. The van der Waals surface area contributed by atoms with Gasteiger partial charge in [-0.15, -0.1) is 0 Å². The maximum Gasteiger partial charge on any atom is 0.174 e. The van der Waals surface area contributed by atoms with Crippen molar-refractivity contribution in [3.63, 3.8) is 0 Å². The average Bonchev–Trinajstić information content (AvgIpc) is 2.43. The predicted molar refractivity (Wildman–Crippen MR) is 89.2 cm³/mol. The summed E-state index contributed by atoms with van der Waals surface area (Å²) in [4.78, 5) is 2.51. The van der Waals surface area contributed by atoms with Crippen LogP contribution in [-0.4, -0.2) is 43.8 Å². The number of hydrogen-bond acceptors (Lipinski definition) is 4. The summed E-state index contributed by atoms with van der Waals surface area (Å²) >= 11 is 3.58. The molecule has 0 radical (unpaired) electrons. The maximum absolute atomic E-state index is 5.70. The van der Waals surface area contributed by atoms with Crippen LogP contribution in [0.4, 0.5) is 0 Å². The molecule has 0 spiro atoms. The summed E-state index contributed by atoms with van der Waals surface area (Å²) in [5, 5.41) is 3.51. The molecule has 1 saturated heterocycles. The van der Waals surface area contributed by atoms with Gasteiger partial charge in [0.15, 0.2) is 11.5 Å². The molecule has 0 bridgehead atoms. The Morgan fingerprint density at radius 1 is 1.38 bits per heavy atom. The summed E-state index contributed by atoms with van der Waals surface area (Å²) in [7, 11) is 1.67. The third-order valence-electron chi connectivity index (χ3n) is 3.85. The number of methoxy groups -OCH3 is 1. The number of benzene rings is 1. The van der Waals surface area contributed by atoms with Crippen LogP contribution >= 0.6 is 15.9 Å². The molecule has 2 rings (SSSR count). The first-order valence-corrected chi connectivity index (χ1v) is 8.31. The standard InChI is InChI=1S/C16H25BrN2O2/c1-5-21-15-7-13(6-14(17)16(15)20-4)10-19-9-11(2)18-8-12(19)3/h6-7,11-12,18H,5,8-10H2,1-4H3. The normalized spacial score (nSPS) is 23.1. The highest BCUT2D eigenvalue weighted by molar-refractivity contribution is 9.10. The molecule has 1 aromatic rings. The Morgan fingerprint density at radius 3 is 2.81 bits per heavy atom. The molecule has 4 nitrogen and oxygen atoms in total. The molecule has 0 aliphatic carbocycles. The van der Waals surface area contributed by atoms with Crippen LogP contribution in [0.5, 0.6) is 11.5 Å². The van der Waals surface area contributed by atoms with E-state index in [4.69, 9.17) is 9.47 Å². The average molecular weight is 357 g/mol. The number of nitrogens with zero attached hydrogens (tertiary/aromatic N) is 1. The van der Waals surface area contributed by atoms with Crippen LogP contribution < -0.4 is 14.8 Å². The van der Waals surface area contributed by atoms with Gasteiger partial charge >= 0.3 is 0 Å². The Labute approximate surface area is 135 Å². The van der Waals surface area contributed by atoms with Gasteiger partial charge in [-0.1, -0.05) is 0 Å². The molecule has 0 saturated carbocycles. The van der Waals surface area contributed by atoms with E-state index in [-0.39, 0.29) is 0 Å². The molecule has 1 heterocycles. The second kappa shape index (κ2) is 7.47. The Balaban J connectivity index is 2.19. The Hall–Kier alpha value is -0.780. The molecule has 118 valence electrons. The largest absolute Gasteiger partial charge is 0.492 e. The van der Waals surface area contributed by atoms with Crippen LogP contribution in [0, 0.1) is 0 Å². The lowest BCUT2D eigenvalue weighted by atomic mass is 10.1. The van der Waals surface area contributed by atoms with Gasteiger partial charge in [0, 0.05) is 31.7 Å². The summed E-state index contributed by atoms with van der Waals surface area (Å²) in [5.74, 6) is 1.57. The van der Waals surface area contributed by atoms with Crippen molar-refractivity contribution in [2.75, 3.05) is 26.8 Å². The summed E-state index contributed by atoms with van der Waals surface area (Å²) in [6, 6.07) is 5.29. The van der Waals surface area contributed by atoms with E-state index in [2.05, 4.69) is 52.1 Å². The topological polar surface area (TPSA) is 33.7 Å². The van der Waals surface area contributed by atoms with Crippen LogP contribution in [0.1, 0.15) is 26.3 Å². The van der Waals surface area contributed by atoms with Crippen LogP contribution in [0.2, 0.25) is 0 Å². The lowest BCUT2D eigenvalue weighted by molar-refractivity contribution is 0.138. The van der Waals surface area contributed by atoms with Gasteiger partial charge in [-0.25, -0.2) is 0 Å². The fraction of sp³-hybridized carbons (Fsp3) is 0.625. The van der Waals surface area contributed by atoms with Gasteiger partial charge < -0.3 is 14.8 Å². The molecule has 1 fully saturated rings. The molecule has 1 N–H and O–H groups in total. The molecular weight excluding hydrogens is 332 g/mol. The van der Waals surface area contributed by atoms with E-state index >= 15 is 0 Å². The number of ether oxygens (including phenoxy) is 2. The number of piperazine rings is 1. The Bertz CT molecular complexity index is 482. The summed E-state index contributed by atoms with van der Waals surface area (Å²) in [6.45, 7) is 10.1. The van der Waals surface area contributed by atoms with Gasteiger partial charge in [0.05, 0.1) is 18.2 Å². The van der Waals surface area contributed by atoms with Crippen molar-refractivity contribution in [3.8, 4) is 11.5 Å². The van der Waals surface area contributed by atoms with Gasteiger partial charge in [-0.3, -0.25) is 4.90 Å². The minimum Gasteiger partial charge on any atom is -0.492 e. The maximum atomic E-state index is 5.70. The number of nitrogens with one attached hydrogen (secondary N) is 1. The van der Waals surface area contributed by atoms with Gasteiger partial charge in [-0.05, 0) is 54.4 Å². The molecule has 2 unspecified atom stereocenters. The van der Waals surface area contributed by atoms with Crippen molar-refractivity contribution in [1.29, 1.82) is 0 Å². The second-order valence-electron chi connectivity index (χ2n) is 5.63. The third-order valence-corrected chi connectivity index (χ3v) is 4.44. The van der Waals surface area contributed by atoms with Crippen molar-refractivity contribution < 1.29 is 9.47 Å². The molecule has 1 aliphatic heterocycles. The fourth-order valence-electron chi connectivity index (χ4n) is 2.73. The molecule has 5 heteroatoms. The quantitative estimate of drug-likeness (QED) is 0.878. The van der Waals surface area contributed by atoms with Crippen molar-refractivity contribution in [2.24, 2.45) is 0 Å². The monoisotopic (exact) mass is 356 g/mol. The summed E-state index contributed by atoms with van der Waals surface area (Å²) < 4.78 is 12.1. The zero-order chi connectivity index (χ0) is 15.4. The molecule has 1 aromatic carbocycles. The smallest absolute Gasteiger partial charge is 0.174 e. The van der Waals surface area contributed by atoms with Crippen molar-refractivity contribution in [2.45, 2.75) is 39.4 Å². The molecule has 0 amide bonds. The van der Waals surface area contributed by atoms with E-state index in [1.54, 1.807) is 7.11 Å². The van der Waals surface area contributed by atoms with E-state index in [0.29, 0.717) is 18.7 Å². The number of halogens is 1. The Morgan fingerprint density at radius 2 is 2.14 bits per heavy atom. The minimum atomic E-state index is 0.536. The van der Waals surface area contributed by atoms with Crippen LogP contribution in [0.25, 0.3) is 0 Å². The minimum absolute atomic E-state index is 0.536. The zero-order valence-electron chi connectivity index (χ0n) is 13.3. The molecular formula is C16H25BrN2O2. The number of hydrogen-bond donors (Lipinski definition) is 1. The van der Waals surface area contributed by atoms with E-state index < -0.39 is 0 Å². The van der Waals surface area contributed by atoms with Gasteiger partial charge in [0.1, 0.15) is 0 Å². The van der Waals surface area contributed by atoms with Gasteiger partial charge in [0.2, 0.25) is 0 Å². The highest BCUT2D eigenvalue weighted by Crippen LogP contribution is 2.37. The van der Waals surface area contributed by atoms with E-state index in [0.717, 1.165) is 35.6 Å². The van der Waals surface area contributed by atoms with E-state index in [1.165, 1.54) is 5.56 Å². The van der Waals surface area contributed by atoms with Crippen molar-refractivity contribution in [1.82, 2.24) is 10.2 Å². The lowest BCUT2D eigenvalue weighted by Gasteiger charge is -2.37. The highest BCUT2D eigenvalue weighted by Gasteiger charge is 2.23. The molecule has 21 heavy (non-hydrogen) atoms. The predicted octanol–water partition coefficient (Wildman–Crippen LogP) is 3.04. The summed E-state index contributed by atoms with van der Waals surface area (Å²) in [5.41, 5.74) is 1.24. The first-order chi connectivity index (χ1) is 10.0. The van der Waals surface area contributed by atoms with E-state index in [1.807, 2.05) is 6.92 Å². The van der Waals surface area contributed by atoms with Crippen LogP contribution in [-0.2, 0) is 6.54 Å². The van der Waals surface area contributed by atoms with Crippen molar-refractivity contribution in [3.05, 3.63) is 22.2 Å². The van der Waals surface area contributed by atoms with Crippen LogP contribution in [0.15, 0.2) is 16.6 Å². The van der Waals surface area contributed by atoms with E-state index in [9.17, 15) is 0 Å². The fourth-order valence-corrected chi connectivity index (χ4v) is 3.38. The molecule has 0 aromatic heterocycles. The van der Waals surface area contributed by atoms with Crippen molar-refractivity contribution >= 4 is 15.9 Å². The summed E-state index contributed by atoms with van der Waals surface area (Å²) in [6.07, 6.45) is 0.